The van der Waals surface area contributed by atoms with E-state index in [0.29, 0.717) is 6.54 Å². The molecule has 0 bridgehead atoms. The lowest BCUT2D eigenvalue weighted by molar-refractivity contribution is -0.134. The van der Waals surface area contributed by atoms with Gasteiger partial charge in [-0.1, -0.05) is 24.3 Å². The van der Waals surface area contributed by atoms with Crippen molar-refractivity contribution in [2.45, 2.75) is 32.0 Å². The summed E-state index contributed by atoms with van der Waals surface area (Å²) in [7, 11) is 0. The van der Waals surface area contributed by atoms with Gasteiger partial charge in [0.05, 0.1) is 12.2 Å². The van der Waals surface area contributed by atoms with Gasteiger partial charge in [-0.25, -0.2) is 0 Å². The molecule has 4 rings (SSSR count). The predicted octanol–water partition coefficient (Wildman–Crippen LogP) is 1.01. The molecule has 1 aromatic heterocycles. The number of aromatic nitrogens is 2. The molecule has 108 valence electrons. The molecule has 2 aliphatic heterocycles. The Morgan fingerprint density at radius 2 is 2.10 bits per heavy atom. The van der Waals surface area contributed by atoms with Gasteiger partial charge >= 0.3 is 0 Å². The lowest BCUT2D eigenvalue weighted by atomic mass is 9.94. The molecule has 5 nitrogen and oxygen atoms in total. The molecule has 1 aromatic carbocycles. The summed E-state index contributed by atoms with van der Waals surface area (Å²) >= 11 is 0. The highest BCUT2D eigenvalue weighted by molar-refractivity contribution is 5.82. The van der Waals surface area contributed by atoms with Gasteiger partial charge in [0, 0.05) is 37.3 Å². The lowest BCUT2D eigenvalue weighted by Gasteiger charge is -2.33. The van der Waals surface area contributed by atoms with Crippen LogP contribution in [0.5, 0.6) is 0 Å². The van der Waals surface area contributed by atoms with Crippen LogP contribution in [0.2, 0.25) is 0 Å². The van der Waals surface area contributed by atoms with Crippen molar-refractivity contribution in [2.75, 3.05) is 6.54 Å². The van der Waals surface area contributed by atoms with Crippen LogP contribution in [0.1, 0.15) is 22.4 Å². The summed E-state index contributed by atoms with van der Waals surface area (Å²) in [5, 5.41) is 10.4. The summed E-state index contributed by atoms with van der Waals surface area (Å²) in [4.78, 5) is 14.7. The number of aromatic amines is 1. The summed E-state index contributed by atoms with van der Waals surface area (Å²) in [5.74, 6) is 0.205. The topological polar surface area (TPSA) is 61.0 Å². The van der Waals surface area contributed by atoms with Crippen LogP contribution in [0, 0.1) is 0 Å². The lowest BCUT2D eigenvalue weighted by Crippen LogP contribution is -2.50. The number of H-pyrrole nitrogens is 1. The Balaban J connectivity index is 1.49. The minimum absolute atomic E-state index is 0.103. The van der Waals surface area contributed by atoms with E-state index in [0.717, 1.165) is 31.5 Å². The highest BCUT2D eigenvalue weighted by Crippen LogP contribution is 2.21. The molecule has 21 heavy (non-hydrogen) atoms. The molecule has 3 heterocycles. The Morgan fingerprint density at radius 3 is 3.00 bits per heavy atom. The second-order valence-electron chi connectivity index (χ2n) is 5.79. The Kier molecular flexibility index (Phi) is 3.00. The number of nitrogens with one attached hydrogen (secondary N) is 2. The minimum atomic E-state index is -0.103. The van der Waals surface area contributed by atoms with E-state index in [1.165, 1.54) is 16.8 Å². The van der Waals surface area contributed by atoms with Crippen LogP contribution in [0.3, 0.4) is 0 Å². The van der Waals surface area contributed by atoms with Gasteiger partial charge in [-0.15, -0.1) is 0 Å². The SMILES string of the molecule is O=C(C1Cc2ccccc2CN1)N1CCc2[nH]ncc2C1. The first-order chi connectivity index (χ1) is 10.3. The zero-order valence-corrected chi connectivity index (χ0v) is 11.8. The normalized spacial score (nSPS) is 20.8. The van der Waals surface area contributed by atoms with Crippen LogP contribution in [0.25, 0.3) is 0 Å². The van der Waals surface area contributed by atoms with Crippen molar-refractivity contribution in [2.24, 2.45) is 0 Å². The van der Waals surface area contributed by atoms with Crippen molar-refractivity contribution in [3.63, 3.8) is 0 Å². The van der Waals surface area contributed by atoms with E-state index in [4.69, 9.17) is 0 Å². The van der Waals surface area contributed by atoms with E-state index in [2.05, 4.69) is 27.6 Å². The fourth-order valence-corrected chi connectivity index (χ4v) is 3.26. The maximum Gasteiger partial charge on any atom is 0.240 e. The highest BCUT2D eigenvalue weighted by atomic mass is 16.2. The zero-order valence-electron chi connectivity index (χ0n) is 11.8. The summed E-state index contributed by atoms with van der Waals surface area (Å²) in [6.45, 7) is 2.22. The number of carbonyl (C=O) groups excluding carboxylic acids is 1. The predicted molar refractivity (Wildman–Crippen MR) is 78.5 cm³/mol. The molecule has 2 N–H and O–H groups in total. The van der Waals surface area contributed by atoms with E-state index in [1.807, 2.05) is 23.2 Å². The molecule has 0 saturated carbocycles. The molecule has 0 saturated heterocycles. The molecule has 2 aromatic rings. The van der Waals surface area contributed by atoms with Gasteiger partial charge in [0.2, 0.25) is 5.91 Å². The average molecular weight is 282 g/mol. The first kappa shape index (κ1) is 12.6. The van der Waals surface area contributed by atoms with Gasteiger partial charge in [-0.2, -0.15) is 5.10 Å². The third kappa shape index (κ3) is 2.23. The maximum atomic E-state index is 12.7. The number of carbonyl (C=O) groups is 1. The first-order valence-electron chi connectivity index (χ1n) is 7.41. The fourth-order valence-electron chi connectivity index (χ4n) is 3.26. The fraction of sp³-hybridized carbons (Fsp3) is 0.375. The molecule has 0 radical (unpaired) electrons. The molecular formula is C16H18N4O. The molecule has 5 heteroatoms. The highest BCUT2D eigenvalue weighted by Gasteiger charge is 2.30. The maximum absolute atomic E-state index is 12.7. The molecule has 0 spiro atoms. The Bertz CT molecular complexity index is 678. The summed E-state index contributed by atoms with van der Waals surface area (Å²) < 4.78 is 0. The Morgan fingerprint density at radius 1 is 1.24 bits per heavy atom. The molecule has 0 fully saturated rings. The van der Waals surface area contributed by atoms with Gasteiger partial charge in [0.25, 0.3) is 0 Å². The molecule has 1 amide bonds. The van der Waals surface area contributed by atoms with Crippen molar-refractivity contribution in [3.8, 4) is 0 Å². The molecule has 0 aliphatic carbocycles. The standard InChI is InChI=1S/C16H18N4O/c21-16(20-6-5-14-13(10-20)9-18-19-14)15-7-11-3-1-2-4-12(11)8-17-15/h1-4,9,15,17H,5-8,10H2,(H,18,19). The number of hydrogen-bond acceptors (Lipinski definition) is 3. The number of nitrogens with zero attached hydrogens (tertiary/aromatic N) is 2. The van der Waals surface area contributed by atoms with E-state index in [1.54, 1.807) is 0 Å². The average Bonchev–Trinajstić information content (AvgIpc) is 3.01. The Labute approximate surface area is 123 Å². The monoisotopic (exact) mass is 282 g/mol. The summed E-state index contributed by atoms with van der Waals surface area (Å²) in [6.07, 6.45) is 3.48. The number of benzene rings is 1. The van der Waals surface area contributed by atoms with Gasteiger partial charge in [0.15, 0.2) is 0 Å². The van der Waals surface area contributed by atoms with Crippen LogP contribution in [0.15, 0.2) is 30.5 Å². The van der Waals surface area contributed by atoms with Crippen LogP contribution < -0.4 is 5.32 Å². The largest absolute Gasteiger partial charge is 0.336 e. The van der Waals surface area contributed by atoms with Crippen LogP contribution >= 0.6 is 0 Å². The minimum Gasteiger partial charge on any atom is -0.336 e. The molecule has 2 aliphatic rings. The van der Waals surface area contributed by atoms with Gasteiger partial charge in [-0.3, -0.25) is 9.89 Å². The number of rotatable bonds is 1. The van der Waals surface area contributed by atoms with Crippen molar-refractivity contribution < 1.29 is 4.79 Å². The number of fused-ring (bicyclic) bond motifs is 2. The summed E-state index contributed by atoms with van der Waals surface area (Å²) in [5.41, 5.74) is 4.90. The van der Waals surface area contributed by atoms with Crippen LogP contribution in [-0.2, 0) is 30.7 Å². The quantitative estimate of drug-likeness (QED) is 0.820. The third-order valence-electron chi connectivity index (χ3n) is 4.49. The van der Waals surface area contributed by atoms with Crippen LogP contribution in [0.4, 0.5) is 0 Å². The third-order valence-corrected chi connectivity index (χ3v) is 4.49. The first-order valence-corrected chi connectivity index (χ1v) is 7.41. The van der Waals surface area contributed by atoms with Crippen LogP contribution in [-0.4, -0.2) is 33.6 Å². The van der Waals surface area contributed by atoms with Crippen molar-refractivity contribution in [1.82, 2.24) is 20.4 Å². The second kappa shape index (κ2) is 5.00. The van der Waals surface area contributed by atoms with E-state index in [-0.39, 0.29) is 11.9 Å². The van der Waals surface area contributed by atoms with Crippen molar-refractivity contribution in [3.05, 3.63) is 52.8 Å². The van der Waals surface area contributed by atoms with E-state index >= 15 is 0 Å². The summed E-state index contributed by atoms with van der Waals surface area (Å²) in [6, 6.07) is 8.24. The van der Waals surface area contributed by atoms with Gasteiger partial charge in [0.1, 0.15) is 0 Å². The number of amides is 1. The Hall–Kier alpha value is -2.14. The van der Waals surface area contributed by atoms with E-state index < -0.39 is 0 Å². The van der Waals surface area contributed by atoms with Gasteiger partial charge in [-0.05, 0) is 17.5 Å². The smallest absolute Gasteiger partial charge is 0.240 e. The van der Waals surface area contributed by atoms with Crippen molar-refractivity contribution >= 4 is 5.91 Å². The number of hydrogen-bond donors (Lipinski definition) is 2. The molecular weight excluding hydrogens is 264 g/mol. The van der Waals surface area contributed by atoms with E-state index in [9.17, 15) is 4.79 Å². The molecule has 1 atom stereocenters. The van der Waals surface area contributed by atoms with Crippen molar-refractivity contribution in [1.29, 1.82) is 0 Å². The zero-order chi connectivity index (χ0) is 14.2. The molecule has 1 unspecified atom stereocenters. The van der Waals surface area contributed by atoms with Gasteiger partial charge < -0.3 is 10.2 Å². The second-order valence-corrected chi connectivity index (χ2v) is 5.79.